The van der Waals surface area contributed by atoms with Crippen LogP contribution in [-0.4, -0.2) is 51.5 Å². The summed E-state index contributed by atoms with van der Waals surface area (Å²) in [4.78, 5) is 15.7. The molecule has 0 unspecified atom stereocenters. The molecular formula is C11H17ClN2O4S. The van der Waals surface area contributed by atoms with Crippen molar-refractivity contribution in [3.63, 3.8) is 0 Å². The summed E-state index contributed by atoms with van der Waals surface area (Å²) in [6, 6.07) is 0. The van der Waals surface area contributed by atoms with Gasteiger partial charge in [-0.3, -0.25) is 0 Å². The number of ether oxygens (including phenoxy) is 3. The van der Waals surface area contributed by atoms with Crippen LogP contribution in [0.2, 0.25) is 5.15 Å². The van der Waals surface area contributed by atoms with Gasteiger partial charge in [0.25, 0.3) is 0 Å². The van der Waals surface area contributed by atoms with Gasteiger partial charge in [0.2, 0.25) is 0 Å². The summed E-state index contributed by atoms with van der Waals surface area (Å²) >= 11 is 7.01. The Balaban J connectivity index is 2.25. The van der Waals surface area contributed by atoms with Crippen LogP contribution in [0.5, 0.6) is 0 Å². The van der Waals surface area contributed by atoms with Crippen LogP contribution in [0.4, 0.5) is 5.13 Å². The first-order chi connectivity index (χ1) is 9.19. The first-order valence-corrected chi connectivity index (χ1v) is 6.93. The molecule has 0 radical (unpaired) electrons. The number of methoxy groups -OCH3 is 2. The monoisotopic (exact) mass is 308 g/mol. The molecule has 108 valence electrons. The van der Waals surface area contributed by atoms with Crippen molar-refractivity contribution in [2.45, 2.75) is 6.42 Å². The predicted octanol–water partition coefficient (Wildman–Crippen LogP) is 2.05. The molecule has 0 bridgehead atoms. The Morgan fingerprint density at radius 1 is 1.37 bits per heavy atom. The fourth-order valence-corrected chi connectivity index (χ4v) is 2.34. The number of esters is 1. The Bertz CT molecular complexity index is 400. The molecule has 0 atom stereocenters. The van der Waals surface area contributed by atoms with E-state index < -0.39 is 5.97 Å². The van der Waals surface area contributed by atoms with E-state index in [0.717, 1.165) is 6.42 Å². The van der Waals surface area contributed by atoms with Crippen molar-refractivity contribution in [2.24, 2.45) is 0 Å². The van der Waals surface area contributed by atoms with Crippen LogP contribution < -0.4 is 5.32 Å². The van der Waals surface area contributed by atoms with Crippen molar-refractivity contribution in [2.75, 3.05) is 45.9 Å². The highest BCUT2D eigenvalue weighted by molar-refractivity contribution is 7.18. The molecule has 0 aromatic carbocycles. The van der Waals surface area contributed by atoms with Gasteiger partial charge in [-0.05, 0) is 6.42 Å². The minimum absolute atomic E-state index is 0.163. The molecule has 0 spiro atoms. The summed E-state index contributed by atoms with van der Waals surface area (Å²) in [5, 5.41) is 3.84. The molecule has 0 amide bonds. The maximum absolute atomic E-state index is 11.3. The minimum atomic E-state index is -0.474. The third kappa shape index (κ3) is 5.73. The van der Waals surface area contributed by atoms with E-state index in [9.17, 15) is 4.79 Å². The smallest absolute Gasteiger partial charge is 0.351 e. The zero-order valence-electron chi connectivity index (χ0n) is 10.9. The largest absolute Gasteiger partial charge is 0.465 e. The van der Waals surface area contributed by atoms with E-state index in [1.54, 1.807) is 7.11 Å². The van der Waals surface area contributed by atoms with Crippen molar-refractivity contribution < 1.29 is 19.0 Å². The molecule has 1 aromatic rings. The van der Waals surface area contributed by atoms with Crippen LogP contribution in [0.3, 0.4) is 0 Å². The van der Waals surface area contributed by atoms with E-state index in [1.807, 2.05) is 0 Å². The topological polar surface area (TPSA) is 69.7 Å². The van der Waals surface area contributed by atoms with Crippen LogP contribution >= 0.6 is 22.9 Å². The maximum atomic E-state index is 11.3. The number of thiazole rings is 1. The van der Waals surface area contributed by atoms with Gasteiger partial charge in [-0.25, -0.2) is 9.78 Å². The number of anilines is 1. The molecule has 1 aromatic heterocycles. The molecule has 6 nitrogen and oxygen atoms in total. The van der Waals surface area contributed by atoms with Crippen molar-refractivity contribution >= 4 is 34.0 Å². The second-order valence-electron chi connectivity index (χ2n) is 3.52. The molecular weight excluding hydrogens is 292 g/mol. The van der Waals surface area contributed by atoms with Gasteiger partial charge in [-0.15, -0.1) is 0 Å². The van der Waals surface area contributed by atoms with Crippen molar-refractivity contribution in [3.05, 3.63) is 10.0 Å². The Labute approximate surface area is 121 Å². The van der Waals surface area contributed by atoms with E-state index in [-0.39, 0.29) is 5.15 Å². The Kier molecular flexibility index (Phi) is 7.73. The number of hydrogen-bond donors (Lipinski definition) is 1. The molecule has 0 aliphatic rings. The zero-order chi connectivity index (χ0) is 14.1. The van der Waals surface area contributed by atoms with Gasteiger partial charge in [-0.2, -0.15) is 0 Å². The third-order valence-electron chi connectivity index (χ3n) is 2.13. The average molecular weight is 309 g/mol. The number of halogens is 1. The van der Waals surface area contributed by atoms with Gasteiger partial charge < -0.3 is 19.5 Å². The molecule has 0 aliphatic heterocycles. The highest BCUT2D eigenvalue weighted by Crippen LogP contribution is 2.27. The average Bonchev–Trinajstić information content (AvgIpc) is 2.78. The van der Waals surface area contributed by atoms with Gasteiger partial charge in [0, 0.05) is 20.3 Å². The molecule has 1 rings (SSSR count). The van der Waals surface area contributed by atoms with Crippen molar-refractivity contribution in [1.29, 1.82) is 0 Å². The van der Waals surface area contributed by atoms with Gasteiger partial charge >= 0.3 is 5.97 Å². The quantitative estimate of drug-likeness (QED) is 0.556. The highest BCUT2D eigenvalue weighted by Gasteiger charge is 2.16. The predicted molar refractivity (Wildman–Crippen MR) is 74.3 cm³/mol. The number of nitrogens with one attached hydrogen (secondary N) is 1. The van der Waals surface area contributed by atoms with Crippen LogP contribution in [0.1, 0.15) is 16.1 Å². The highest BCUT2D eigenvalue weighted by atomic mass is 35.5. The van der Waals surface area contributed by atoms with E-state index in [2.05, 4.69) is 15.0 Å². The molecule has 0 saturated carbocycles. The molecule has 1 heterocycles. The van der Waals surface area contributed by atoms with E-state index in [0.29, 0.717) is 36.4 Å². The van der Waals surface area contributed by atoms with Gasteiger partial charge in [0.1, 0.15) is 0 Å². The van der Waals surface area contributed by atoms with Crippen LogP contribution in [0.25, 0.3) is 0 Å². The normalized spacial score (nSPS) is 10.5. The van der Waals surface area contributed by atoms with Gasteiger partial charge in [0.05, 0.1) is 20.3 Å². The summed E-state index contributed by atoms with van der Waals surface area (Å²) in [7, 11) is 2.94. The number of nitrogens with zero attached hydrogens (tertiary/aromatic N) is 1. The van der Waals surface area contributed by atoms with Crippen LogP contribution in [0, 0.1) is 0 Å². The fourth-order valence-electron chi connectivity index (χ4n) is 1.21. The Morgan fingerprint density at radius 2 is 2.16 bits per heavy atom. The number of carbonyl (C=O) groups is 1. The number of carbonyl (C=O) groups excluding carboxylic acids is 1. The fraction of sp³-hybridized carbons (Fsp3) is 0.636. The minimum Gasteiger partial charge on any atom is -0.465 e. The standard InChI is InChI=1S/C11H17ClN2O4S/c1-16-6-7-18-5-3-4-13-11-14-9(12)8(19-11)10(15)17-2/h3-7H2,1-2H3,(H,13,14). The van der Waals surface area contributed by atoms with E-state index in [1.165, 1.54) is 18.4 Å². The van der Waals surface area contributed by atoms with Crippen molar-refractivity contribution in [1.82, 2.24) is 4.98 Å². The summed E-state index contributed by atoms with van der Waals surface area (Å²) in [6.45, 7) is 2.51. The van der Waals surface area contributed by atoms with Crippen molar-refractivity contribution in [3.8, 4) is 0 Å². The number of rotatable bonds is 9. The Morgan fingerprint density at radius 3 is 2.84 bits per heavy atom. The third-order valence-corrected chi connectivity index (χ3v) is 3.51. The SMILES string of the molecule is COCCOCCCNc1nc(Cl)c(C(=O)OC)s1. The maximum Gasteiger partial charge on any atom is 0.351 e. The Hall–Kier alpha value is -0.890. The van der Waals surface area contributed by atoms with Crippen LogP contribution in [0.15, 0.2) is 0 Å². The summed E-state index contributed by atoms with van der Waals surface area (Å²) < 4.78 is 14.8. The first kappa shape index (κ1) is 16.2. The number of aromatic nitrogens is 1. The number of hydrogen-bond acceptors (Lipinski definition) is 7. The zero-order valence-corrected chi connectivity index (χ0v) is 12.5. The molecule has 8 heteroatoms. The van der Waals surface area contributed by atoms with E-state index in [4.69, 9.17) is 21.1 Å². The summed E-state index contributed by atoms with van der Waals surface area (Å²) in [6.07, 6.45) is 0.828. The molecule has 0 fully saturated rings. The lowest BCUT2D eigenvalue weighted by Crippen LogP contribution is -2.08. The summed E-state index contributed by atoms with van der Waals surface area (Å²) in [5.74, 6) is -0.474. The van der Waals surface area contributed by atoms with E-state index >= 15 is 0 Å². The second kappa shape index (κ2) is 9.08. The first-order valence-electron chi connectivity index (χ1n) is 5.74. The van der Waals surface area contributed by atoms with Gasteiger partial charge in [0.15, 0.2) is 15.2 Å². The lowest BCUT2D eigenvalue weighted by atomic mass is 10.4. The lowest BCUT2D eigenvalue weighted by molar-refractivity contribution is 0.0606. The lowest BCUT2D eigenvalue weighted by Gasteiger charge is -2.04. The summed E-state index contributed by atoms with van der Waals surface area (Å²) in [5.41, 5.74) is 0. The molecule has 0 aliphatic carbocycles. The molecule has 1 N–H and O–H groups in total. The second-order valence-corrected chi connectivity index (χ2v) is 4.87. The molecule has 19 heavy (non-hydrogen) atoms. The molecule has 0 saturated heterocycles. The van der Waals surface area contributed by atoms with Crippen LogP contribution in [-0.2, 0) is 14.2 Å². The van der Waals surface area contributed by atoms with Gasteiger partial charge in [-0.1, -0.05) is 22.9 Å².